The molecule has 0 amide bonds. The normalized spacial score (nSPS) is 18.3. The zero-order chi connectivity index (χ0) is 14.2. The maximum atomic E-state index is 13.5. The van der Waals surface area contributed by atoms with E-state index in [1.165, 1.54) is 0 Å². The second-order valence-corrected chi connectivity index (χ2v) is 7.51. The molecule has 0 radical (unpaired) electrons. The van der Waals surface area contributed by atoms with Crippen molar-refractivity contribution in [1.82, 2.24) is 0 Å². The number of rotatable bonds is 1. The highest BCUT2D eigenvalue weighted by atomic mass is 35.5. The van der Waals surface area contributed by atoms with Crippen molar-refractivity contribution in [2.45, 2.75) is 50.0 Å². The minimum atomic E-state index is -4.15. The van der Waals surface area contributed by atoms with Crippen molar-refractivity contribution in [2.75, 3.05) is 0 Å². The molecule has 1 aromatic heterocycles. The topological polar surface area (TPSA) is 0 Å². The van der Waals surface area contributed by atoms with Gasteiger partial charge in [0.15, 0.2) is 9.58 Å². The lowest BCUT2D eigenvalue weighted by Gasteiger charge is -2.10. The second kappa shape index (κ2) is 6.57. The molecule has 21 heavy (non-hydrogen) atoms. The van der Waals surface area contributed by atoms with Crippen LogP contribution >= 0.6 is 10.5 Å². The van der Waals surface area contributed by atoms with Crippen LogP contribution in [0.25, 0.3) is 10.1 Å². The van der Waals surface area contributed by atoms with Crippen molar-refractivity contribution in [3.05, 3.63) is 35.2 Å². The number of thiophene rings is 1. The Morgan fingerprint density at radius 3 is 2.19 bits per heavy atom. The van der Waals surface area contributed by atoms with Gasteiger partial charge >= 0.3 is 5.51 Å². The SMILES string of the molecule is FC(F)(F)[s+]1c(C2CCCCCC2)cc2ccccc21.[Cl-]. The molecular weight excluding hydrogens is 317 g/mol. The van der Waals surface area contributed by atoms with E-state index in [1.807, 2.05) is 18.2 Å². The van der Waals surface area contributed by atoms with E-state index in [1.54, 1.807) is 12.1 Å². The minimum absolute atomic E-state index is 0. The van der Waals surface area contributed by atoms with Crippen molar-refractivity contribution < 1.29 is 25.6 Å². The van der Waals surface area contributed by atoms with Crippen molar-refractivity contribution in [3.8, 4) is 0 Å². The molecule has 2 aromatic rings. The summed E-state index contributed by atoms with van der Waals surface area (Å²) in [5.41, 5.74) is -4.15. The Morgan fingerprint density at radius 1 is 0.952 bits per heavy atom. The van der Waals surface area contributed by atoms with Crippen LogP contribution in [0.3, 0.4) is 0 Å². The van der Waals surface area contributed by atoms with Gasteiger partial charge in [0.2, 0.25) is 0 Å². The third-order valence-electron chi connectivity index (χ3n) is 4.16. The van der Waals surface area contributed by atoms with Gasteiger partial charge in [-0.05, 0) is 25.0 Å². The van der Waals surface area contributed by atoms with E-state index in [-0.39, 0.29) is 18.3 Å². The lowest BCUT2D eigenvalue weighted by atomic mass is 9.98. The summed E-state index contributed by atoms with van der Waals surface area (Å²) in [6.07, 6.45) is 6.28. The van der Waals surface area contributed by atoms with Gasteiger partial charge in [-0.15, -0.1) is 13.2 Å². The van der Waals surface area contributed by atoms with Crippen LogP contribution in [0.2, 0.25) is 0 Å². The fraction of sp³-hybridized carbons (Fsp3) is 0.500. The largest absolute Gasteiger partial charge is 1.00 e. The lowest BCUT2D eigenvalue weighted by Crippen LogP contribution is -3.00. The van der Waals surface area contributed by atoms with Crippen LogP contribution in [-0.2, 0) is 5.51 Å². The van der Waals surface area contributed by atoms with Gasteiger partial charge in [0.05, 0.1) is 10.5 Å². The average molecular weight is 335 g/mol. The summed E-state index contributed by atoms with van der Waals surface area (Å²) in [5, 5.41) is 0.771. The van der Waals surface area contributed by atoms with Crippen molar-refractivity contribution in [1.29, 1.82) is 0 Å². The Balaban J connectivity index is 0.00000161. The van der Waals surface area contributed by atoms with Crippen LogP contribution in [-0.4, -0.2) is 0 Å². The predicted octanol–water partition coefficient (Wildman–Crippen LogP) is 3.51. The molecule has 1 atom stereocenters. The first kappa shape index (κ1) is 16.6. The number of hydrogen-bond donors (Lipinski definition) is 0. The highest BCUT2D eigenvalue weighted by Crippen LogP contribution is 2.54. The van der Waals surface area contributed by atoms with Crippen LogP contribution < -0.4 is 12.4 Å². The van der Waals surface area contributed by atoms with E-state index < -0.39 is 16.0 Å². The van der Waals surface area contributed by atoms with Crippen LogP contribution in [0, 0.1) is 0 Å². The van der Waals surface area contributed by atoms with E-state index in [0.717, 1.165) is 43.9 Å². The van der Waals surface area contributed by atoms with E-state index in [4.69, 9.17) is 0 Å². The monoisotopic (exact) mass is 334 g/mol. The number of alkyl halides is 3. The molecule has 0 spiro atoms. The number of hydrogen-bond acceptors (Lipinski definition) is 0. The highest BCUT2D eigenvalue weighted by Gasteiger charge is 2.49. The molecule has 0 bridgehead atoms. The molecule has 0 N–H and O–H groups in total. The third kappa shape index (κ3) is 3.37. The molecule has 1 unspecified atom stereocenters. The zero-order valence-corrected chi connectivity index (χ0v) is 13.2. The van der Waals surface area contributed by atoms with Crippen LogP contribution in [0.4, 0.5) is 13.2 Å². The maximum absolute atomic E-state index is 13.5. The van der Waals surface area contributed by atoms with Gasteiger partial charge < -0.3 is 12.4 Å². The molecule has 1 fully saturated rings. The first-order chi connectivity index (χ1) is 9.57. The number of fused-ring (bicyclic) bond motifs is 1. The first-order valence-corrected chi connectivity index (χ1v) is 8.41. The van der Waals surface area contributed by atoms with Gasteiger partial charge in [-0.2, -0.15) is 0 Å². The highest BCUT2D eigenvalue weighted by molar-refractivity contribution is 7.38. The molecule has 1 heterocycles. The predicted molar refractivity (Wildman–Crippen MR) is 78.2 cm³/mol. The van der Waals surface area contributed by atoms with Gasteiger partial charge in [-0.1, -0.05) is 37.8 Å². The third-order valence-corrected chi connectivity index (χ3v) is 6.36. The van der Waals surface area contributed by atoms with E-state index in [2.05, 4.69) is 0 Å². The Morgan fingerprint density at radius 2 is 1.57 bits per heavy atom. The Hall–Kier alpha value is -0.740. The van der Waals surface area contributed by atoms with Gasteiger partial charge in [-0.3, -0.25) is 0 Å². The molecule has 1 aromatic carbocycles. The molecule has 1 aliphatic rings. The lowest BCUT2D eigenvalue weighted by molar-refractivity contribution is -0.0868. The molecule has 116 valence electrons. The summed E-state index contributed by atoms with van der Waals surface area (Å²) in [6, 6.07) is 8.82. The van der Waals surface area contributed by atoms with Crippen molar-refractivity contribution in [2.24, 2.45) is 0 Å². The van der Waals surface area contributed by atoms with Gasteiger partial charge in [0.25, 0.3) is 0 Å². The van der Waals surface area contributed by atoms with E-state index >= 15 is 0 Å². The summed E-state index contributed by atoms with van der Waals surface area (Å²) in [6.45, 7) is 0. The molecule has 0 saturated heterocycles. The summed E-state index contributed by atoms with van der Waals surface area (Å²) >= 11 is 0. The molecule has 0 nitrogen and oxygen atoms in total. The summed E-state index contributed by atoms with van der Waals surface area (Å²) < 4.78 is 41.0. The molecule has 5 heteroatoms. The van der Waals surface area contributed by atoms with Gasteiger partial charge in [0.1, 0.15) is 0 Å². The molecular formula is C16H18ClF3S. The van der Waals surface area contributed by atoms with Crippen molar-refractivity contribution in [3.63, 3.8) is 0 Å². The Bertz CT molecular complexity index is 595. The molecule has 0 aliphatic heterocycles. The number of benzene rings is 1. The van der Waals surface area contributed by atoms with Crippen molar-refractivity contribution >= 4 is 20.6 Å². The van der Waals surface area contributed by atoms with Gasteiger partial charge in [-0.25, -0.2) is 0 Å². The Kier molecular flexibility index (Phi) is 5.20. The standard InChI is InChI=1S/C16H18F3S.ClH/c17-16(18,19)20-14-10-6-5-9-13(14)11-15(20)12-7-3-1-2-4-8-12;/h5-6,9-12H,1-4,7-8H2;1H/q+1;/p-1. The summed E-state index contributed by atoms with van der Waals surface area (Å²) in [7, 11) is -1.70. The first-order valence-electron chi connectivity index (χ1n) is 7.19. The zero-order valence-electron chi connectivity index (χ0n) is 11.6. The quantitative estimate of drug-likeness (QED) is 0.553. The van der Waals surface area contributed by atoms with Crippen LogP contribution in [0.15, 0.2) is 30.3 Å². The summed E-state index contributed by atoms with van der Waals surface area (Å²) in [5.74, 6) is 0.120. The smallest absolute Gasteiger partial charge is 0.600 e. The number of halogens is 4. The summed E-state index contributed by atoms with van der Waals surface area (Å²) in [4.78, 5) is 0.639. The molecule has 1 saturated carbocycles. The average Bonchev–Trinajstić information content (AvgIpc) is 2.59. The molecule has 1 aliphatic carbocycles. The fourth-order valence-electron chi connectivity index (χ4n) is 3.23. The van der Waals surface area contributed by atoms with E-state index in [0.29, 0.717) is 9.58 Å². The minimum Gasteiger partial charge on any atom is -1.00 e. The van der Waals surface area contributed by atoms with E-state index in [9.17, 15) is 13.2 Å². The second-order valence-electron chi connectivity index (χ2n) is 5.52. The van der Waals surface area contributed by atoms with Crippen LogP contribution in [0.5, 0.6) is 0 Å². The van der Waals surface area contributed by atoms with Gasteiger partial charge in [0, 0.05) is 17.4 Å². The van der Waals surface area contributed by atoms with Crippen LogP contribution in [0.1, 0.15) is 49.3 Å². The molecule has 3 rings (SSSR count). The fourth-order valence-corrected chi connectivity index (χ4v) is 5.39. The Labute approximate surface area is 131 Å². The maximum Gasteiger partial charge on any atom is 0.600 e.